The number of pyridine rings is 1. The van der Waals surface area contributed by atoms with Crippen LogP contribution in [0.25, 0.3) is 5.57 Å². The van der Waals surface area contributed by atoms with Gasteiger partial charge in [-0.2, -0.15) is 13.2 Å². The van der Waals surface area contributed by atoms with Gasteiger partial charge >= 0.3 is 12.1 Å². The van der Waals surface area contributed by atoms with E-state index in [0.29, 0.717) is 29.9 Å². The van der Waals surface area contributed by atoms with Gasteiger partial charge in [0.1, 0.15) is 6.61 Å². The number of nitrogens with zero attached hydrogens (tertiary/aromatic N) is 1. The number of carboxylic acid groups (broad SMARTS) is 1. The maximum atomic E-state index is 14.0. The molecule has 40 heavy (non-hydrogen) atoms. The summed E-state index contributed by atoms with van der Waals surface area (Å²) < 4.78 is 48.0. The Morgan fingerprint density at radius 3 is 2.45 bits per heavy atom. The number of carboxylic acids is 1. The average Bonchev–Trinajstić information content (AvgIpc) is 3.35. The predicted octanol–water partition coefficient (Wildman–Crippen LogP) is 7.37. The summed E-state index contributed by atoms with van der Waals surface area (Å²) in [5, 5.41) is 9.28. The van der Waals surface area contributed by atoms with E-state index in [4.69, 9.17) is 4.74 Å². The van der Waals surface area contributed by atoms with Crippen molar-refractivity contribution < 1.29 is 27.8 Å². The third-order valence-corrected chi connectivity index (χ3v) is 8.42. The highest BCUT2D eigenvalue weighted by atomic mass is 19.4. The lowest BCUT2D eigenvalue weighted by Gasteiger charge is -2.19. The number of hydrogen-bond acceptors (Lipinski definition) is 3. The van der Waals surface area contributed by atoms with Crippen molar-refractivity contribution in [1.82, 2.24) is 4.98 Å². The highest BCUT2D eigenvalue weighted by Gasteiger charge is 2.48. The number of aromatic nitrogens is 1. The Hall–Kier alpha value is -4.39. The second-order valence-electron chi connectivity index (χ2n) is 10.7. The van der Waals surface area contributed by atoms with Crippen LogP contribution in [0.15, 0.2) is 90.6 Å². The molecular formula is C33H24F3NO3. The van der Waals surface area contributed by atoms with Crippen LogP contribution in [0.2, 0.25) is 0 Å². The van der Waals surface area contributed by atoms with Crippen LogP contribution >= 0.6 is 0 Å². The molecule has 3 aromatic carbocycles. The van der Waals surface area contributed by atoms with Crippen LogP contribution in [0, 0.1) is 5.92 Å². The van der Waals surface area contributed by atoms with Crippen molar-refractivity contribution in [2.75, 3.05) is 0 Å². The number of carbonyl (C=O) groups is 1. The number of ether oxygens (including phenoxy) is 1. The molecule has 4 nitrogen and oxygen atoms in total. The first-order chi connectivity index (χ1) is 19.3. The third kappa shape index (κ3) is 4.08. The van der Waals surface area contributed by atoms with Gasteiger partial charge in [-0.15, -0.1) is 0 Å². The van der Waals surface area contributed by atoms with Crippen LogP contribution in [0.5, 0.6) is 5.88 Å². The molecule has 3 aliphatic rings. The quantitative estimate of drug-likeness (QED) is 0.278. The molecule has 0 saturated heterocycles. The van der Waals surface area contributed by atoms with Crippen molar-refractivity contribution in [2.24, 2.45) is 5.92 Å². The van der Waals surface area contributed by atoms with Gasteiger partial charge in [0.05, 0.1) is 5.56 Å². The van der Waals surface area contributed by atoms with Gasteiger partial charge in [0.15, 0.2) is 0 Å². The number of halogens is 3. The largest absolute Gasteiger partial charge is 0.478 e. The molecule has 0 aliphatic heterocycles. The molecule has 3 atom stereocenters. The zero-order chi connectivity index (χ0) is 27.6. The van der Waals surface area contributed by atoms with Gasteiger partial charge in [0.25, 0.3) is 0 Å². The fourth-order valence-corrected chi connectivity index (χ4v) is 6.59. The molecule has 0 amide bonds. The van der Waals surface area contributed by atoms with E-state index in [0.717, 1.165) is 45.0 Å². The summed E-state index contributed by atoms with van der Waals surface area (Å²) in [6.07, 6.45) is -1.57. The van der Waals surface area contributed by atoms with Gasteiger partial charge in [-0.05, 0) is 57.9 Å². The molecule has 0 spiro atoms. The molecule has 0 fully saturated rings. The molecule has 7 heteroatoms. The Morgan fingerprint density at radius 1 is 0.900 bits per heavy atom. The molecule has 3 aliphatic carbocycles. The molecular weight excluding hydrogens is 515 g/mol. The van der Waals surface area contributed by atoms with Gasteiger partial charge in [-0.25, -0.2) is 9.78 Å². The third-order valence-electron chi connectivity index (χ3n) is 8.42. The number of rotatable bonds is 6. The Morgan fingerprint density at radius 2 is 1.68 bits per heavy atom. The van der Waals surface area contributed by atoms with Crippen LogP contribution in [-0.2, 0) is 24.0 Å². The van der Waals surface area contributed by atoms with E-state index in [9.17, 15) is 23.1 Å². The topological polar surface area (TPSA) is 59.4 Å². The first-order valence-electron chi connectivity index (χ1n) is 13.2. The number of alkyl halides is 3. The Bertz CT molecular complexity index is 1690. The number of fused-ring (bicyclic) bond motifs is 4. The maximum Gasteiger partial charge on any atom is 0.416 e. The van der Waals surface area contributed by atoms with Crippen molar-refractivity contribution in [1.29, 1.82) is 0 Å². The second kappa shape index (κ2) is 9.08. The molecule has 4 aromatic rings. The van der Waals surface area contributed by atoms with Gasteiger partial charge < -0.3 is 9.84 Å². The lowest BCUT2D eigenvalue weighted by molar-refractivity contribution is -0.138. The smallest absolute Gasteiger partial charge is 0.416 e. The molecule has 0 radical (unpaired) electrons. The minimum atomic E-state index is -4.44. The van der Waals surface area contributed by atoms with Crippen LogP contribution in [0.1, 0.15) is 62.8 Å². The molecule has 1 aromatic heterocycles. The molecule has 2 unspecified atom stereocenters. The van der Waals surface area contributed by atoms with Gasteiger partial charge in [0.2, 0.25) is 5.88 Å². The van der Waals surface area contributed by atoms with Crippen LogP contribution in [0.3, 0.4) is 0 Å². The number of allylic oxidation sites excluding steroid dienone is 1. The summed E-state index contributed by atoms with van der Waals surface area (Å²) in [6.45, 7) is 0.217. The first-order valence-corrected chi connectivity index (χ1v) is 13.2. The zero-order valence-electron chi connectivity index (χ0n) is 21.3. The average molecular weight is 540 g/mol. The van der Waals surface area contributed by atoms with Gasteiger partial charge in [-0.1, -0.05) is 66.7 Å². The minimum Gasteiger partial charge on any atom is -0.478 e. The van der Waals surface area contributed by atoms with Crippen molar-refractivity contribution >= 4 is 11.5 Å². The zero-order valence-corrected chi connectivity index (χ0v) is 21.3. The van der Waals surface area contributed by atoms with Gasteiger partial charge in [0, 0.05) is 41.2 Å². The number of benzene rings is 3. The van der Waals surface area contributed by atoms with E-state index < -0.39 is 23.6 Å². The van der Waals surface area contributed by atoms with Crippen molar-refractivity contribution in [2.45, 2.75) is 37.5 Å². The summed E-state index contributed by atoms with van der Waals surface area (Å²) in [6, 6.07) is 23.6. The lowest BCUT2D eigenvalue weighted by atomic mass is 9.87. The van der Waals surface area contributed by atoms with E-state index in [1.54, 1.807) is 18.3 Å². The second-order valence-corrected chi connectivity index (χ2v) is 10.7. The van der Waals surface area contributed by atoms with E-state index in [2.05, 4.69) is 4.98 Å². The van der Waals surface area contributed by atoms with E-state index >= 15 is 0 Å². The SMILES string of the molecule is O=C(O)C1=C2c3cnc(OCc4ccc5c(c4)C(c4ccccc4C(F)(F)F)CC5c4ccccc4)cc3C[C@@H]12. The van der Waals surface area contributed by atoms with E-state index in [-0.39, 0.29) is 18.4 Å². The molecule has 200 valence electrons. The minimum absolute atomic E-state index is 0.00716. The molecule has 0 saturated carbocycles. The summed E-state index contributed by atoms with van der Waals surface area (Å²) >= 11 is 0. The summed E-state index contributed by atoms with van der Waals surface area (Å²) in [5.41, 5.74) is 6.82. The first kappa shape index (κ1) is 24.6. The van der Waals surface area contributed by atoms with E-state index in [1.807, 2.05) is 54.6 Å². The highest BCUT2D eigenvalue weighted by Crippen LogP contribution is 2.55. The molecule has 7 rings (SSSR count). The van der Waals surface area contributed by atoms with Crippen molar-refractivity contribution in [3.63, 3.8) is 0 Å². The number of hydrogen-bond donors (Lipinski definition) is 1. The summed E-state index contributed by atoms with van der Waals surface area (Å²) in [7, 11) is 0. The lowest BCUT2D eigenvalue weighted by Crippen LogP contribution is -2.12. The Balaban J connectivity index is 1.19. The van der Waals surface area contributed by atoms with Crippen LogP contribution < -0.4 is 4.74 Å². The molecule has 0 bridgehead atoms. The van der Waals surface area contributed by atoms with Crippen molar-refractivity contribution in [3.05, 3.63) is 135 Å². The fourth-order valence-electron chi connectivity index (χ4n) is 6.59. The Labute approximate surface area is 228 Å². The van der Waals surface area contributed by atoms with Crippen molar-refractivity contribution in [3.8, 4) is 5.88 Å². The summed E-state index contributed by atoms with van der Waals surface area (Å²) in [4.78, 5) is 15.7. The highest BCUT2D eigenvalue weighted by molar-refractivity contribution is 6.11. The maximum absolute atomic E-state index is 14.0. The number of aliphatic carboxylic acids is 1. The monoisotopic (exact) mass is 539 g/mol. The van der Waals surface area contributed by atoms with Gasteiger partial charge in [-0.3, -0.25) is 0 Å². The summed E-state index contributed by atoms with van der Waals surface area (Å²) in [5.74, 6) is -0.852. The molecule has 1 heterocycles. The Kier molecular flexibility index (Phi) is 5.59. The standard InChI is InChI=1S/C33H24F3NO3/c34-33(35,36)28-9-5-4-8-22(28)25-15-23(19-6-2-1-3-7-19)21-11-10-18(12-24(21)25)17-40-29-14-20-13-26-30(27(20)16-37-29)31(26)32(38)39/h1-12,14,16,23,25-26H,13,15,17H2,(H,38,39)/t23?,25?,26-/m1/s1. The fraction of sp³-hybridized carbons (Fsp3) is 0.212. The van der Waals surface area contributed by atoms with Crippen LogP contribution in [0.4, 0.5) is 13.2 Å². The predicted molar refractivity (Wildman–Crippen MR) is 143 cm³/mol. The molecule has 1 N–H and O–H groups in total. The van der Waals surface area contributed by atoms with E-state index in [1.165, 1.54) is 6.07 Å². The van der Waals surface area contributed by atoms with Crippen LogP contribution in [-0.4, -0.2) is 16.1 Å². The normalized spacial score (nSPS) is 20.6.